The number of ether oxygens (including phenoxy) is 1. The SMILES string of the molecule is COc1cc2c(cc1F)nc(N)n2Cc1noc(C)n1. The van der Waals surface area contributed by atoms with Crippen molar-refractivity contribution in [2.24, 2.45) is 0 Å². The van der Waals surface area contributed by atoms with Crippen LogP contribution in [0.5, 0.6) is 5.75 Å². The van der Waals surface area contributed by atoms with Crippen molar-refractivity contribution in [3.8, 4) is 5.75 Å². The summed E-state index contributed by atoms with van der Waals surface area (Å²) in [6.45, 7) is 1.98. The molecule has 0 spiro atoms. The summed E-state index contributed by atoms with van der Waals surface area (Å²) in [6.07, 6.45) is 0. The molecule has 0 aliphatic carbocycles. The molecule has 8 heteroatoms. The van der Waals surface area contributed by atoms with Crippen LogP contribution in [-0.4, -0.2) is 26.8 Å². The average Bonchev–Trinajstić information content (AvgIpc) is 2.94. The first kappa shape index (κ1) is 12.4. The van der Waals surface area contributed by atoms with Crippen molar-refractivity contribution in [2.45, 2.75) is 13.5 Å². The molecule has 3 aromatic rings. The Morgan fingerprint density at radius 3 is 2.85 bits per heavy atom. The first-order valence-electron chi connectivity index (χ1n) is 5.87. The van der Waals surface area contributed by atoms with Crippen LogP contribution in [0, 0.1) is 12.7 Å². The second kappa shape index (κ2) is 4.48. The number of rotatable bonds is 3. The van der Waals surface area contributed by atoms with E-state index in [0.717, 1.165) is 0 Å². The molecule has 0 fully saturated rings. The van der Waals surface area contributed by atoms with Crippen LogP contribution in [0.2, 0.25) is 0 Å². The normalized spacial score (nSPS) is 11.2. The Morgan fingerprint density at radius 1 is 1.40 bits per heavy atom. The number of imidazole rings is 1. The van der Waals surface area contributed by atoms with Gasteiger partial charge in [-0.25, -0.2) is 9.37 Å². The molecule has 0 atom stereocenters. The number of nitrogens with two attached hydrogens (primary N) is 1. The second-order valence-electron chi connectivity index (χ2n) is 4.26. The number of fused-ring (bicyclic) bond motifs is 1. The molecule has 0 saturated heterocycles. The number of hydrogen-bond acceptors (Lipinski definition) is 6. The van der Waals surface area contributed by atoms with Gasteiger partial charge in [0.1, 0.15) is 0 Å². The molecule has 0 bridgehead atoms. The third-order valence-electron chi connectivity index (χ3n) is 2.92. The first-order valence-corrected chi connectivity index (χ1v) is 5.87. The van der Waals surface area contributed by atoms with E-state index in [1.807, 2.05) is 0 Å². The van der Waals surface area contributed by atoms with Gasteiger partial charge in [0.2, 0.25) is 11.8 Å². The molecule has 7 nitrogen and oxygen atoms in total. The van der Waals surface area contributed by atoms with E-state index in [0.29, 0.717) is 22.7 Å². The highest BCUT2D eigenvalue weighted by Gasteiger charge is 2.15. The van der Waals surface area contributed by atoms with Gasteiger partial charge in [-0.15, -0.1) is 0 Å². The summed E-state index contributed by atoms with van der Waals surface area (Å²) < 4.78 is 25.2. The van der Waals surface area contributed by atoms with Gasteiger partial charge in [0.25, 0.3) is 0 Å². The fourth-order valence-electron chi connectivity index (χ4n) is 2.01. The molecule has 0 amide bonds. The molecule has 2 heterocycles. The number of aryl methyl sites for hydroxylation is 1. The topological polar surface area (TPSA) is 92.0 Å². The molecular formula is C12H12FN5O2. The lowest BCUT2D eigenvalue weighted by atomic mass is 10.3. The minimum Gasteiger partial charge on any atom is -0.494 e. The molecular weight excluding hydrogens is 265 g/mol. The molecule has 0 aliphatic heterocycles. The lowest BCUT2D eigenvalue weighted by molar-refractivity contribution is 0.386. The Kier molecular flexibility index (Phi) is 2.78. The van der Waals surface area contributed by atoms with Gasteiger partial charge in [0.15, 0.2) is 17.4 Å². The number of nitrogens with zero attached hydrogens (tertiary/aromatic N) is 4. The Morgan fingerprint density at radius 2 is 2.20 bits per heavy atom. The maximum atomic E-state index is 13.6. The summed E-state index contributed by atoms with van der Waals surface area (Å²) in [4.78, 5) is 8.22. The molecule has 1 aromatic carbocycles. The zero-order chi connectivity index (χ0) is 14.3. The van der Waals surface area contributed by atoms with Crippen molar-refractivity contribution in [1.29, 1.82) is 0 Å². The molecule has 0 saturated carbocycles. The van der Waals surface area contributed by atoms with Gasteiger partial charge in [-0.1, -0.05) is 5.16 Å². The van der Waals surface area contributed by atoms with E-state index in [4.69, 9.17) is 15.0 Å². The molecule has 104 valence electrons. The van der Waals surface area contributed by atoms with E-state index >= 15 is 0 Å². The predicted octanol–water partition coefficient (Wildman–Crippen LogP) is 1.51. The first-order chi connectivity index (χ1) is 9.58. The summed E-state index contributed by atoms with van der Waals surface area (Å²) >= 11 is 0. The smallest absolute Gasteiger partial charge is 0.223 e. The Bertz CT molecular complexity index is 780. The molecule has 20 heavy (non-hydrogen) atoms. The number of hydrogen-bond donors (Lipinski definition) is 1. The second-order valence-corrected chi connectivity index (χ2v) is 4.26. The average molecular weight is 277 g/mol. The zero-order valence-corrected chi connectivity index (χ0v) is 10.9. The maximum absolute atomic E-state index is 13.6. The summed E-state index contributed by atoms with van der Waals surface area (Å²) in [6, 6.07) is 2.82. The Balaban J connectivity index is 2.11. The number of methoxy groups -OCH3 is 1. The van der Waals surface area contributed by atoms with Gasteiger partial charge < -0.3 is 19.6 Å². The van der Waals surface area contributed by atoms with E-state index in [-0.39, 0.29) is 18.2 Å². The highest BCUT2D eigenvalue weighted by atomic mass is 19.1. The van der Waals surface area contributed by atoms with Crippen molar-refractivity contribution in [3.63, 3.8) is 0 Å². The van der Waals surface area contributed by atoms with Gasteiger partial charge in [-0.3, -0.25) is 0 Å². The summed E-state index contributed by atoms with van der Waals surface area (Å²) in [7, 11) is 1.40. The molecule has 2 N–H and O–H groups in total. The van der Waals surface area contributed by atoms with Crippen LogP contribution in [0.1, 0.15) is 11.7 Å². The van der Waals surface area contributed by atoms with Crippen molar-refractivity contribution in [2.75, 3.05) is 12.8 Å². The van der Waals surface area contributed by atoms with Crippen molar-refractivity contribution in [3.05, 3.63) is 29.7 Å². The number of aromatic nitrogens is 4. The summed E-state index contributed by atoms with van der Waals surface area (Å²) in [5.74, 6) is 0.821. The van der Waals surface area contributed by atoms with Crippen LogP contribution in [0.4, 0.5) is 10.3 Å². The van der Waals surface area contributed by atoms with E-state index in [1.54, 1.807) is 17.6 Å². The highest BCUT2D eigenvalue weighted by molar-refractivity contribution is 5.80. The van der Waals surface area contributed by atoms with Gasteiger partial charge in [-0.05, 0) is 0 Å². The quantitative estimate of drug-likeness (QED) is 0.780. The monoisotopic (exact) mass is 277 g/mol. The minimum atomic E-state index is -0.486. The zero-order valence-electron chi connectivity index (χ0n) is 10.9. The van der Waals surface area contributed by atoms with Gasteiger partial charge in [0, 0.05) is 19.1 Å². The third kappa shape index (κ3) is 1.94. The fourth-order valence-corrected chi connectivity index (χ4v) is 2.01. The third-order valence-corrected chi connectivity index (χ3v) is 2.92. The van der Waals surface area contributed by atoms with Crippen LogP contribution in [0.15, 0.2) is 16.7 Å². The predicted molar refractivity (Wildman–Crippen MR) is 68.8 cm³/mol. The molecule has 0 radical (unpaired) electrons. The summed E-state index contributed by atoms with van der Waals surface area (Å²) in [5.41, 5.74) is 6.94. The number of anilines is 1. The Labute approximate surface area is 113 Å². The van der Waals surface area contributed by atoms with Gasteiger partial charge >= 0.3 is 0 Å². The van der Waals surface area contributed by atoms with E-state index in [1.165, 1.54) is 13.2 Å². The standard InChI is InChI=1S/C12H12FN5O2/c1-6-15-11(17-20-6)5-18-9-4-10(19-2)7(13)3-8(9)16-12(18)14/h3-4H,5H2,1-2H3,(H2,14,16). The molecule has 2 aromatic heterocycles. The Hall–Kier alpha value is -2.64. The van der Waals surface area contributed by atoms with Crippen molar-refractivity contribution >= 4 is 17.0 Å². The van der Waals surface area contributed by atoms with Gasteiger partial charge in [0.05, 0.1) is 24.7 Å². The lowest BCUT2D eigenvalue weighted by Crippen LogP contribution is -2.06. The van der Waals surface area contributed by atoms with Crippen molar-refractivity contribution in [1.82, 2.24) is 19.7 Å². The van der Waals surface area contributed by atoms with Crippen LogP contribution in [0.25, 0.3) is 11.0 Å². The van der Waals surface area contributed by atoms with E-state index < -0.39 is 5.82 Å². The summed E-state index contributed by atoms with van der Waals surface area (Å²) in [5, 5.41) is 3.80. The minimum absolute atomic E-state index is 0.128. The van der Waals surface area contributed by atoms with E-state index in [9.17, 15) is 4.39 Å². The largest absolute Gasteiger partial charge is 0.494 e. The maximum Gasteiger partial charge on any atom is 0.223 e. The van der Waals surface area contributed by atoms with Crippen LogP contribution >= 0.6 is 0 Å². The number of benzene rings is 1. The van der Waals surface area contributed by atoms with E-state index in [2.05, 4.69) is 15.1 Å². The van der Waals surface area contributed by atoms with Crippen LogP contribution in [0.3, 0.4) is 0 Å². The molecule has 0 unspecified atom stereocenters. The van der Waals surface area contributed by atoms with Crippen LogP contribution in [-0.2, 0) is 6.54 Å². The van der Waals surface area contributed by atoms with Crippen LogP contribution < -0.4 is 10.5 Å². The van der Waals surface area contributed by atoms with Gasteiger partial charge in [-0.2, -0.15) is 4.98 Å². The number of nitrogen functional groups attached to an aromatic ring is 1. The highest BCUT2D eigenvalue weighted by Crippen LogP contribution is 2.26. The molecule has 3 rings (SSSR count). The molecule has 0 aliphatic rings. The van der Waals surface area contributed by atoms with Crippen molar-refractivity contribution < 1.29 is 13.7 Å². The fraction of sp³-hybridized carbons (Fsp3) is 0.250. The number of halogens is 1. The lowest BCUT2D eigenvalue weighted by Gasteiger charge is -2.05.